The quantitative estimate of drug-likeness (QED) is 0.312. The largest absolute Gasteiger partial charge is 0.361 e. The minimum absolute atomic E-state index is 1.23. The standard InChI is InChI=1S/2C12H9N/c2*1-2-4-11-9(3-1)5-6-10-7-8-13-12(10)11/h2*1-8,13H. The van der Waals surface area contributed by atoms with Crippen molar-refractivity contribution in [3.63, 3.8) is 0 Å². The molecule has 0 aliphatic rings. The lowest BCUT2D eigenvalue weighted by Crippen LogP contribution is -1.73. The van der Waals surface area contributed by atoms with Gasteiger partial charge in [-0.25, -0.2) is 0 Å². The monoisotopic (exact) mass is 334 g/mol. The summed E-state index contributed by atoms with van der Waals surface area (Å²) in [7, 11) is 0. The average Bonchev–Trinajstić information content (AvgIpc) is 3.38. The van der Waals surface area contributed by atoms with Crippen molar-refractivity contribution in [3.05, 3.63) is 97.3 Å². The predicted octanol–water partition coefficient (Wildman–Crippen LogP) is 6.64. The van der Waals surface area contributed by atoms with Gasteiger partial charge >= 0.3 is 0 Å². The summed E-state index contributed by atoms with van der Waals surface area (Å²) in [6, 6.07) is 29.6. The molecule has 0 fully saturated rings. The van der Waals surface area contributed by atoms with Crippen molar-refractivity contribution < 1.29 is 0 Å². The highest BCUT2D eigenvalue weighted by Crippen LogP contribution is 2.24. The number of aromatic nitrogens is 2. The second-order valence-corrected chi connectivity index (χ2v) is 6.46. The van der Waals surface area contributed by atoms with Crippen molar-refractivity contribution in [1.82, 2.24) is 9.97 Å². The number of hydrogen-bond donors (Lipinski definition) is 2. The van der Waals surface area contributed by atoms with Crippen LogP contribution < -0.4 is 0 Å². The Morgan fingerprint density at radius 3 is 1.31 bits per heavy atom. The van der Waals surface area contributed by atoms with Gasteiger partial charge in [-0.15, -0.1) is 0 Å². The van der Waals surface area contributed by atoms with Gasteiger partial charge in [-0.1, -0.05) is 72.8 Å². The third kappa shape index (κ3) is 2.44. The topological polar surface area (TPSA) is 31.6 Å². The van der Waals surface area contributed by atoms with Gasteiger partial charge in [0.05, 0.1) is 11.0 Å². The summed E-state index contributed by atoms with van der Waals surface area (Å²) in [5.41, 5.74) is 2.47. The lowest BCUT2D eigenvalue weighted by atomic mass is 10.1. The van der Waals surface area contributed by atoms with Crippen molar-refractivity contribution in [2.75, 3.05) is 0 Å². The summed E-state index contributed by atoms with van der Waals surface area (Å²) in [5, 5.41) is 7.72. The molecule has 0 radical (unpaired) electrons. The molecule has 0 amide bonds. The van der Waals surface area contributed by atoms with Gasteiger partial charge in [-0.05, 0) is 22.9 Å². The van der Waals surface area contributed by atoms with Gasteiger partial charge in [0.1, 0.15) is 0 Å². The summed E-state index contributed by atoms with van der Waals surface area (Å²) in [5.74, 6) is 0. The summed E-state index contributed by atoms with van der Waals surface area (Å²) in [6.45, 7) is 0. The second-order valence-electron chi connectivity index (χ2n) is 6.46. The van der Waals surface area contributed by atoms with Crippen LogP contribution in [0.5, 0.6) is 0 Å². The van der Waals surface area contributed by atoms with E-state index in [1.807, 2.05) is 12.4 Å². The first kappa shape index (κ1) is 14.8. The first-order valence-electron chi connectivity index (χ1n) is 8.80. The highest BCUT2D eigenvalue weighted by Gasteiger charge is 1.99. The first-order chi connectivity index (χ1) is 12.9. The van der Waals surface area contributed by atoms with Crippen LogP contribution in [0.15, 0.2) is 97.3 Å². The average molecular weight is 334 g/mol. The molecule has 0 spiro atoms. The molecular weight excluding hydrogens is 316 g/mol. The van der Waals surface area contributed by atoms with E-state index in [1.165, 1.54) is 43.4 Å². The fraction of sp³-hybridized carbons (Fsp3) is 0. The van der Waals surface area contributed by atoms with Gasteiger partial charge in [0, 0.05) is 33.9 Å². The van der Waals surface area contributed by atoms with E-state index < -0.39 is 0 Å². The Morgan fingerprint density at radius 1 is 0.385 bits per heavy atom. The zero-order valence-corrected chi connectivity index (χ0v) is 14.2. The molecule has 0 saturated heterocycles. The van der Waals surface area contributed by atoms with E-state index in [0.29, 0.717) is 0 Å². The van der Waals surface area contributed by atoms with Gasteiger partial charge in [0.2, 0.25) is 0 Å². The van der Waals surface area contributed by atoms with Gasteiger partial charge in [-0.2, -0.15) is 0 Å². The summed E-state index contributed by atoms with van der Waals surface area (Å²) < 4.78 is 0. The highest BCUT2D eigenvalue weighted by atomic mass is 14.7. The van der Waals surface area contributed by atoms with Gasteiger partial charge in [-0.3, -0.25) is 0 Å². The summed E-state index contributed by atoms with van der Waals surface area (Å²) >= 11 is 0. The molecule has 0 atom stereocenters. The zero-order valence-electron chi connectivity index (χ0n) is 14.2. The SMILES string of the molecule is c1ccc2c(c1)ccc1cc[nH]c12.c1ccc2c(c1)ccc1cc[nH]c12. The van der Waals surface area contributed by atoms with Crippen molar-refractivity contribution in [2.24, 2.45) is 0 Å². The van der Waals surface area contributed by atoms with E-state index in [0.717, 1.165) is 0 Å². The van der Waals surface area contributed by atoms with Crippen LogP contribution in [-0.4, -0.2) is 9.97 Å². The molecule has 2 N–H and O–H groups in total. The van der Waals surface area contributed by atoms with Gasteiger partial charge < -0.3 is 9.97 Å². The molecule has 0 aliphatic carbocycles. The lowest BCUT2D eigenvalue weighted by molar-refractivity contribution is 1.49. The molecule has 2 heteroatoms. The molecule has 2 heterocycles. The number of rotatable bonds is 0. The van der Waals surface area contributed by atoms with Crippen LogP contribution in [-0.2, 0) is 0 Å². The number of hydrogen-bond acceptors (Lipinski definition) is 0. The Morgan fingerprint density at radius 2 is 0.808 bits per heavy atom. The molecule has 2 nitrogen and oxygen atoms in total. The number of H-pyrrole nitrogens is 2. The fourth-order valence-corrected chi connectivity index (χ4v) is 3.61. The normalized spacial score (nSPS) is 11.1. The van der Waals surface area contributed by atoms with E-state index in [-0.39, 0.29) is 0 Å². The van der Waals surface area contributed by atoms with Crippen LogP contribution in [0.4, 0.5) is 0 Å². The van der Waals surface area contributed by atoms with Crippen LogP contribution in [0.2, 0.25) is 0 Å². The van der Waals surface area contributed by atoms with Gasteiger partial charge in [0.15, 0.2) is 0 Å². The van der Waals surface area contributed by atoms with Crippen LogP contribution in [0.3, 0.4) is 0 Å². The van der Waals surface area contributed by atoms with E-state index in [2.05, 4.69) is 94.9 Å². The minimum Gasteiger partial charge on any atom is -0.361 e. The minimum atomic E-state index is 1.23. The molecule has 6 aromatic rings. The maximum Gasteiger partial charge on any atom is 0.0533 e. The molecule has 0 unspecified atom stereocenters. The van der Waals surface area contributed by atoms with Crippen LogP contribution in [0.1, 0.15) is 0 Å². The zero-order chi connectivity index (χ0) is 17.3. The second kappa shape index (κ2) is 6.08. The van der Waals surface area contributed by atoms with Crippen molar-refractivity contribution >= 4 is 43.4 Å². The Hall–Kier alpha value is -3.52. The third-order valence-corrected chi connectivity index (χ3v) is 4.90. The number of fused-ring (bicyclic) bond motifs is 6. The molecule has 0 bridgehead atoms. The molecule has 0 aliphatic heterocycles. The molecular formula is C24H18N2. The summed E-state index contributed by atoms with van der Waals surface area (Å²) in [6.07, 6.45) is 3.97. The Balaban J connectivity index is 0.000000115. The molecule has 124 valence electrons. The Kier molecular flexibility index (Phi) is 3.46. The Labute approximate surface area is 151 Å². The van der Waals surface area contributed by atoms with E-state index in [4.69, 9.17) is 0 Å². The number of aromatic amines is 2. The predicted molar refractivity (Wildman–Crippen MR) is 112 cm³/mol. The van der Waals surface area contributed by atoms with Crippen LogP contribution in [0, 0.1) is 0 Å². The highest BCUT2D eigenvalue weighted by molar-refractivity contribution is 6.06. The van der Waals surface area contributed by atoms with E-state index in [1.54, 1.807) is 0 Å². The fourth-order valence-electron chi connectivity index (χ4n) is 3.61. The van der Waals surface area contributed by atoms with Crippen molar-refractivity contribution in [2.45, 2.75) is 0 Å². The number of benzene rings is 4. The maximum absolute atomic E-state index is 3.26. The van der Waals surface area contributed by atoms with Gasteiger partial charge in [0.25, 0.3) is 0 Å². The smallest absolute Gasteiger partial charge is 0.0533 e. The third-order valence-electron chi connectivity index (χ3n) is 4.90. The lowest BCUT2D eigenvalue weighted by Gasteiger charge is -1.97. The molecule has 0 saturated carbocycles. The van der Waals surface area contributed by atoms with Crippen molar-refractivity contribution in [3.8, 4) is 0 Å². The molecule has 6 rings (SSSR count). The number of nitrogens with one attached hydrogen (secondary N) is 2. The summed E-state index contributed by atoms with van der Waals surface area (Å²) in [4.78, 5) is 6.53. The van der Waals surface area contributed by atoms with E-state index >= 15 is 0 Å². The molecule has 4 aromatic carbocycles. The first-order valence-corrected chi connectivity index (χ1v) is 8.80. The maximum atomic E-state index is 3.26. The molecule has 26 heavy (non-hydrogen) atoms. The van der Waals surface area contributed by atoms with Crippen LogP contribution in [0.25, 0.3) is 43.4 Å². The van der Waals surface area contributed by atoms with Crippen LogP contribution >= 0.6 is 0 Å². The van der Waals surface area contributed by atoms with E-state index in [9.17, 15) is 0 Å². The molecule has 2 aromatic heterocycles. The van der Waals surface area contributed by atoms with Crippen molar-refractivity contribution in [1.29, 1.82) is 0 Å². The Bertz CT molecular complexity index is 1230.